The maximum Gasteiger partial charge on any atom is 0.196 e. The summed E-state index contributed by atoms with van der Waals surface area (Å²) in [7, 11) is 0. The number of nitrogens with zero attached hydrogens (tertiary/aromatic N) is 7. The zero-order chi connectivity index (χ0) is 22.7. The number of aromatic nitrogens is 8. The summed E-state index contributed by atoms with van der Waals surface area (Å²) in [6.45, 7) is 11.5. The number of aryl methyl sites for hydroxylation is 3. The molecule has 4 rings (SSSR count). The third kappa shape index (κ3) is 4.64. The fraction of sp³-hybridized carbons (Fsp3) is 0.458. The van der Waals surface area contributed by atoms with Crippen molar-refractivity contribution in [1.82, 2.24) is 40.0 Å². The van der Waals surface area contributed by atoms with Gasteiger partial charge in [0.15, 0.2) is 11.6 Å². The van der Waals surface area contributed by atoms with Crippen LogP contribution < -0.4 is 0 Å². The van der Waals surface area contributed by atoms with E-state index in [-0.39, 0.29) is 0 Å². The largest absolute Gasteiger partial charge is 0.311 e. The molecule has 0 atom stereocenters. The number of nitrogens with one attached hydrogen (secondary N) is 1. The van der Waals surface area contributed by atoms with Gasteiger partial charge in [0.05, 0.1) is 12.2 Å². The Balaban J connectivity index is 1.60. The lowest BCUT2D eigenvalue weighted by Gasteiger charge is -2.12. The molecule has 8 heteroatoms. The number of benzene rings is 1. The predicted molar refractivity (Wildman–Crippen MR) is 125 cm³/mol. The van der Waals surface area contributed by atoms with Gasteiger partial charge >= 0.3 is 0 Å². The molecule has 0 amide bonds. The van der Waals surface area contributed by atoms with Crippen LogP contribution in [0.25, 0.3) is 17.2 Å². The fourth-order valence-corrected chi connectivity index (χ4v) is 4.13. The number of unbranched alkanes of at least 4 members (excludes halogenated alkanes) is 1. The van der Waals surface area contributed by atoms with E-state index in [0.29, 0.717) is 11.7 Å². The van der Waals surface area contributed by atoms with Crippen molar-refractivity contribution in [2.45, 2.75) is 66.8 Å². The molecular formula is C24H32N8. The Morgan fingerprint density at radius 3 is 2.53 bits per heavy atom. The summed E-state index contributed by atoms with van der Waals surface area (Å²) < 4.78 is 4.27. The molecule has 0 fully saturated rings. The van der Waals surface area contributed by atoms with Crippen molar-refractivity contribution in [3.05, 3.63) is 58.8 Å². The molecule has 0 spiro atoms. The van der Waals surface area contributed by atoms with Gasteiger partial charge < -0.3 is 4.57 Å². The molecule has 0 bridgehead atoms. The van der Waals surface area contributed by atoms with E-state index in [1.807, 2.05) is 0 Å². The van der Waals surface area contributed by atoms with Gasteiger partial charge in [-0.05, 0) is 65.9 Å². The van der Waals surface area contributed by atoms with E-state index in [4.69, 9.17) is 10.1 Å². The van der Waals surface area contributed by atoms with Gasteiger partial charge in [0.2, 0.25) is 0 Å². The molecule has 0 radical (unpaired) electrons. The van der Waals surface area contributed by atoms with E-state index >= 15 is 0 Å². The normalized spacial score (nSPS) is 11.6. The lowest BCUT2D eigenvalue weighted by Crippen LogP contribution is -2.08. The van der Waals surface area contributed by atoms with Crippen molar-refractivity contribution >= 4 is 0 Å². The number of aromatic amines is 1. The van der Waals surface area contributed by atoms with Crippen molar-refractivity contribution in [2.75, 3.05) is 0 Å². The minimum Gasteiger partial charge on any atom is -0.311 e. The smallest absolute Gasteiger partial charge is 0.196 e. The quantitative estimate of drug-likeness (QED) is 0.422. The zero-order valence-corrected chi connectivity index (χ0v) is 19.6. The Morgan fingerprint density at radius 2 is 1.88 bits per heavy atom. The number of tetrazole rings is 1. The van der Waals surface area contributed by atoms with Crippen LogP contribution in [0.3, 0.4) is 0 Å². The summed E-state index contributed by atoms with van der Waals surface area (Å²) in [4.78, 5) is 4.83. The SMILES string of the molecule is CCCCc1nc(CC(C)C)nn1Cc1ccc(-n2c(C)cc(C)c2-c2nnn[nH]2)cc1. The molecular weight excluding hydrogens is 400 g/mol. The Labute approximate surface area is 189 Å². The zero-order valence-electron chi connectivity index (χ0n) is 19.6. The van der Waals surface area contributed by atoms with Crippen LogP contribution in [0.5, 0.6) is 0 Å². The van der Waals surface area contributed by atoms with Crippen LogP contribution in [0.15, 0.2) is 30.3 Å². The van der Waals surface area contributed by atoms with Crippen LogP contribution in [0.2, 0.25) is 0 Å². The van der Waals surface area contributed by atoms with Crippen LogP contribution >= 0.6 is 0 Å². The first-order valence-corrected chi connectivity index (χ1v) is 11.4. The van der Waals surface area contributed by atoms with Gasteiger partial charge in [0.25, 0.3) is 0 Å². The van der Waals surface area contributed by atoms with Crippen molar-refractivity contribution in [3.63, 3.8) is 0 Å². The van der Waals surface area contributed by atoms with Crippen LogP contribution in [-0.2, 0) is 19.4 Å². The van der Waals surface area contributed by atoms with E-state index in [1.165, 1.54) is 5.56 Å². The first-order chi connectivity index (χ1) is 15.5. The molecule has 3 heterocycles. The Morgan fingerprint density at radius 1 is 1.09 bits per heavy atom. The lowest BCUT2D eigenvalue weighted by molar-refractivity contribution is 0.592. The highest BCUT2D eigenvalue weighted by atomic mass is 15.5. The number of hydrogen-bond donors (Lipinski definition) is 1. The van der Waals surface area contributed by atoms with Crippen molar-refractivity contribution in [1.29, 1.82) is 0 Å². The third-order valence-corrected chi connectivity index (χ3v) is 5.61. The van der Waals surface area contributed by atoms with E-state index in [2.05, 4.69) is 94.8 Å². The van der Waals surface area contributed by atoms with E-state index in [1.54, 1.807) is 0 Å². The Hall–Kier alpha value is -3.29. The molecule has 32 heavy (non-hydrogen) atoms. The highest BCUT2D eigenvalue weighted by Gasteiger charge is 2.17. The second kappa shape index (κ2) is 9.46. The van der Waals surface area contributed by atoms with E-state index < -0.39 is 0 Å². The van der Waals surface area contributed by atoms with Gasteiger partial charge in [0, 0.05) is 24.2 Å². The maximum absolute atomic E-state index is 4.83. The van der Waals surface area contributed by atoms with Gasteiger partial charge in [-0.2, -0.15) is 5.10 Å². The van der Waals surface area contributed by atoms with Crippen LogP contribution in [-0.4, -0.2) is 40.0 Å². The van der Waals surface area contributed by atoms with Crippen molar-refractivity contribution in [2.24, 2.45) is 5.92 Å². The molecule has 0 aliphatic carbocycles. The molecule has 0 unspecified atom stereocenters. The summed E-state index contributed by atoms with van der Waals surface area (Å²) in [6.07, 6.45) is 4.16. The second-order valence-electron chi connectivity index (χ2n) is 8.87. The molecule has 168 valence electrons. The molecule has 8 nitrogen and oxygen atoms in total. The van der Waals surface area contributed by atoms with Gasteiger partial charge in [-0.3, -0.25) is 0 Å². The van der Waals surface area contributed by atoms with Crippen LogP contribution in [0.4, 0.5) is 0 Å². The minimum atomic E-state index is 0.547. The standard InChI is InChI=1S/C24H32N8/c1-6-7-8-22-25-21(13-16(2)3)28-31(22)15-19-9-11-20(12-10-19)32-18(5)14-17(4)23(32)24-26-29-30-27-24/h9-12,14,16H,6-8,13,15H2,1-5H3,(H,26,27,29,30). The van der Waals surface area contributed by atoms with Crippen LogP contribution in [0, 0.1) is 19.8 Å². The Bertz CT molecular complexity index is 1150. The van der Waals surface area contributed by atoms with Gasteiger partial charge in [-0.15, -0.1) is 5.10 Å². The van der Waals surface area contributed by atoms with Crippen molar-refractivity contribution in [3.8, 4) is 17.2 Å². The highest BCUT2D eigenvalue weighted by molar-refractivity contribution is 5.61. The molecule has 0 saturated heterocycles. The van der Waals surface area contributed by atoms with E-state index in [0.717, 1.165) is 66.5 Å². The number of rotatable bonds is 9. The summed E-state index contributed by atoms with van der Waals surface area (Å²) >= 11 is 0. The fourth-order valence-electron chi connectivity index (χ4n) is 4.13. The molecule has 3 aromatic heterocycles. The molecule has 0 aliphatic heterocycles. The molecule has 1 aromatic carbocycles. The monoisotopic (exact) mass is 432 g/mol. The second-order valence-corrected chi connectivity index (χ2v) is 8.87. The van der Waals surface area contributed by atoms with E-state index in [9.17, 15) is 0 Å². The lowest BCUT2D eigenvalue weighted by atomic mass is 10.1. The molecule has 0 saturated carbocycles. The summed E-state index contributed by atoms with van der Waals surface area (Å²) in [5.74, 6) is 3.25. The summed E-state index contributed by atoms with van der Waals surface area (Å²) in [5.41, 5.74) is 5.54. The Kier molecular flexibility index (Phi) is 6.48. The number of hydrogen-bond acceptors (Lipinski definition) is 5. The molecule has 4 aromatic rings. The third-order valence-electron chi connectivity index (χ3n) is 5.61. The van der Waals surface area contributed by atoms with Gasteiger partial charge in [-0.25, -0.2) is 14.8 Å². The first-order valence-electron chi connectivity index (χ1n) is 11.4. The van der Waals surface area contributed by atoms with Crippen LogP contribution in [0.1, 0.15) is 62.1 Å². The highest BCUT2D eigenvalue weighted by Crippen LogP contribution is 2.27. The minimum absolute atomic E-state index is 0.547. The number of H-pyrrole nitrogens is 1. The van der Waals surface area contributed by atoms with Gasteiger partial charge in [-0.1, -0.05) is 39.3 Å². The predicted octanol–water partition coefficient (Wildman–Crippen LogP) is 4.46. The summed E-state index contributed by atoms with van der Waals surface area (Å²) in [6, 6.07) is 10.8. The first kappa shape index (κ1) is 21.9. The topological polar surface area (TPSA) is 90.1 Å². The summed E-state index contributed by atoms with van der Waals surface area (Å²) in [5, 5.41) is 19.3. The maximum atomic E-state index is 4.83. The van der Waals surface area contributed by atoms with Crippen molar-refractivity contribution < 1.29 is 0 Å². The average Bonchev–Trinajstić information content (AvgIpc) is 3.46. The average molecular weight is 433 g/mol. The molecule has 0 aliphatic rings. The molecule has 1 N–H and O–H groups in total. The van der Waals surface area contributed by atoms with Gasteiger partial charge in [0.1, 0.15) is 5.82 Å².